The van der Waals surface area contributed by atoms with Crippen molar-refractivity contribution in [1.29, 1.82) is 0 Å². The second-order valence-electron chi connectivity index (χ2n) is 11.2. The van der Waals surface area contributed by atoms with Gasteiger partial charge in [0.05, 0.1) is 23.1 Å². The lowest BCUT2D eigenvalue weighted by Gasteiger charge is -2.20. The van der Waals surface area contributed by atoms with Crippen LogP contribution >= 0.6 is 0 Å². The number of aromatic nitrogens is 5. The Hall–Kier alpha value is -4.75. The van der Waals surface area contributed by atoms with Gasteiger partial charge in [0, 0.05) is 48.4 Å². The number of benzene rings is 1. The first kappa shape index (κ1) is 29.7. The van der Waals surface area contributed by atoms with Gasteiger partial charge in [-0.2, -0.15) is 9.78 Å². The Morgan fingerprint density at radius 1 is 1.02 bits per heavy atom. The molecule has 13 heteroatoms. The van der Waals surface area contributed by atoms with Gasteiger partial charge in [-0.3, -0.25) is 9.59 Å². The Labute approximate surface area is 246 Å². The number of aryl methyl sites for hydroxylation is 1. The Kier molecular flexibility index (Phi) is 7.48. The van der Waals surface area contributed by atoms with Crippen LogP contribution in [0.4, 0.5) is 15.9 Å². The molecule has 5 aromatic rings. The number of rotatable bonds is 6. The summed E-state index contributed by atoms with van der Waals surface area (Å²) in [5.41, 5.74) is 0.527. The number of nitrogens with one attached hydrogen (secondary N) is 1. The number of anilines is 2. The fraction of sp³-hybridized carbons (Fsp3) is 0.233. The lowest BCUT2D eigenvalue weighted by Crippen LogP contribution is -2.25. The van der Waals surface area contributed by atoms with Crippen LogP contribution in [0.5, 0.6) is 0 Å². The van der Waals surface area contributed by atoms with Gasteiger partial charge in [0.1, 0.15) is 17.3 Å². The molecule has 0 unspecified atom stereocenters. The van der Waals surface area contributed by atoms with E-state index in [1.165, 1.54) is 47.4 Å². The molecule has 43 heavy (non-hydrogen) atoms. The molecule has 11 nitrogen and oxygen atoms in total. The number of hydrogen-bond donors (Lipinski definition) is 2. The number of fused-ring (bicyclic) bond motifs is 1. The largest absolute Gasteiger partial charge is 0.392 e. The standard InChI is InChI=1S/C30H29FN6O5S/c1-30(2,3)19-10-17-13-34-37(29(40)26(17)23(31)12-19)27-22(16-38)21(8-9-32-27)18-11-24(28(39)36(4)15-18)35-25-7-6-20(14-33-25)43(5,41)42/h6-15,38H,16H2,1-5H3,(H,33,35). The van der Waals surface area contributed by atoms with Crippen LogP contribution in [-0.4, -0.2) is 44.1 Å². The lowest BCUT2D eigenvalue weighted by molar-refractivity contribution is 0.281. The predicted octanol–water partition coefficient (Wildman–Crippen LogP) is 3.62. The quantitative estimate of drug-likeness (QED) is 0.296. The molecule has 2 N–H and O–H groups in total. The average molecular weight is 605 g/mol. The first-order chi connectivity index (χ1) is 20.2. The Balaban J connectivity index is 1.61. The van der Waals surface area contributed by atoms with Crippen molar-refractivity contribution in [1.82, 2.24) is 24.3 Å². The first-order valence-corrected chi connectivity index (χ1v) is 15.0. The number of aliphatic hydroxyl groups excluding tert-OH is 1. The summed E-state index contributed by atoms with van der Waals surface area (Å²) in [6.45, 7) is 5.28. The third kappa shape index (κ3) is 5.68. The van der Waals surface area contributed by atoms with E-state index in [-0.39, 0.29) is 38.6 Å². The summed E-state index contributed by atoms with van der Waals surface area (Å²) in [5, 5.41) is 17.8. The zero-order valence-electron chi connectivity index (χ0n) is 24.1. The molecule has 5 rings (SSSR count). The molecule has 0 aliphatic carbocycles. The topological polar surface area (TPSA) is 149 Å². The van der Waals surface area contributed by atoms with Gasteiger partial charge in [0.2, 0.25) is 0 Å². The smallest absolute Gasteiger partial charge is 0.283 e. The van der Waals surface area contributed by atoms with Crippen molar-refractivity contribution < 1.29 is 17.9 Å². The molecule has 0 amide bonds. The minimum atomic E-state index is -3.45. The van der Waals surface area contributed by atoms with E-state index in [0.29, 0.717) is 22.1 Å². The van der Waals surface area contributed by atoms with E-state index in [2.05, 4.69) is 20.4 Å². The molecule has 0 bridgehead atoms. The van der Waals surface area contributed by atoms with Gasteiger partial charge in [-0.25, -0.2) is 22.8 Å². The molecule has 0 aliphatic rings. The zero-order chi connectivity index (χ0) is 31.3. The van der Waals surface area contributed by atoms with Gasteiger partial charge in [-0.15, -0.1) is 0 Å². The van der Waals surface area contributed by atoms with Gasteiger partial charge in [-0.1, -0.05) is 20.8 Å². The van der Waals surface area contributed by atoms with Crippen molar-refractivity contribution >= 4 is 32.1 Å². The first-order valence-electron chi connectivity index (χ1n) is 13.1. The maximum atomic E-state index is 15.3. The molecule has 0 spiro atoms. The number of sulfone groups is 1. The van der Waals surface area contributed by atoms with Gasteiger partial charge >= 0.3 is 0 Å². The summed E-state index contributed by atoms with van der Waals surface area (Å²) in [6, 6.07) is 9.04. The number of nitrogens with zero attached hydrogens (tertiary/aromatic N) is 5. The summed E-state index contributed by atoms with van der Waals surface area (Å²) in [7, 11) is -1.90. The van der Waals surface area contributed by atoms with Crippen LogP contribution in [0, 0.1) is 5.82 Å². The highest BCUT2D eigenvalue weighted by atomic mass is 32.2. The van der Waals surface area contributed by atoms with Crippen molar-refractivity contribution in [3.8, 4) is 16.9 Å². The summed E-state index contributed by atoms with van der Waals surface area (Å²) >= 11 is 0. The maximum absolute atomic E-state index is 15.3. The second kappa shape index (κ2) is 10.8. The van der Waals surface area contributed by atoms with E-state index in [1.807, 2.05) is 20.8 Å². The monoisotopic (exact) mass is 604 g/mol. The Morgan fingerprint density at radius 2 is 1.77 bits per heavy atom. The average Bonchev–Trinajstić information content (AvgIpc) is 2.94. The molecule has 0 saturated heterocycles. The minimum Gasteiger partial charge on any atom is -0.392 e. The summed E-state index contributed by atoms with van der Waals surface area (Å²) < 4.78 is 41.1. The van der Waals surface area contributed by atoms with Crippen LogP contribution in [0.1, 0.15) is 31.9 Å². The highest BCUT2D eigenvalue weighted by Gasteiger charge is 2.21. The number of pyridine rings is 3. The van der Waals surface area contributed by atoms with Crippen molar-refractivity contribution in [2.75, 3.05) is 11.6 Å². The van der Waals surface area contributed by atoms with Crippen molar-refractivity contribution in [2.24, 2.45) is 7.05 Å². The summed E-state index contributed by atoms with van der Waals surface area (Å²) in [6.07, 6.45) is 6.62. The molecule has 0 radical (unpaired) electrons. The van der Waals surface area contributed by atoms with E-state index in [9.17, 15) is 23.1 Å². The third-order valence-electron chi connectivity index (χ3n) is 7.02. The summed E-state index contributed by atoms with van der Waals surface area (Å²) in [5.74, 6) is -0.437. The van der Waals surface area contributed by atoms with E-state index < -0.39 is 33.4 Å². The fourth-order valence-electron chi connectivity index (χ4n) is 4.67. The predicted molar refractivity (Wildman–Crippen MR) is 161 cm³/mol. The molecule has 222 valence electrons. The maximum Gasteiger partial charge on any atom is 0.283 e. The molecule has 4 aromatic heterocycles. The molecule has 0 saturated carbocycles. The van der Waals surface area contributed by atoms with E-state index in [0.717, 1.165) is 10.9 Å². The normalized spacial score (nSPS) is 12.1. The number of aliphatic hydroxyl groups is 1. The van der Waals surface area contributed by atoms with Crippen molar-refractivity contribution in [3.63, 3.8) is 0 Å². The third-order valence-corrected chi connectivity index (χ3v) is 8.12. The fourth-order valence-corrected chi connectivity index (χ4v) is 5.23. The summed E-state index contributed by atoms with van der Waals surface area (Å²) in [4.78, 5) is 34.9. The SMILES string of the molecule is Cn1cc(-c2ccnc(-n3ncc4cc(C(C)(C)C)cc(F)c4c3=O)c2CO)cc(Nc2ccc(S(C)(=O)=O)cn2)c1=O. The molecule has 1 aromatic carbocycles. The van der Waals surface area contributed by atoms with Crippen LogP contribution in [0.15, 0.2) is 75.7 Å². The van der Waals surface area contributed by atoms with Crippen LogP contribution < -0.4 is 16.4 Å². The van der Waals surface area contributed by atoms with Crippen LogP contribution in [0.2, 0.25) is 0 Å². The number of halogens is 1. The molecule has 4 heterocycles. The van der Waals surface area contributed by atoms with E-state index >= 15 is 4.39 Å². The highest BCUT2D eigenvalue weighted by molar-refractivity contribution is 7.90. The van der Waals surface area contributed by atoms with Gasteiger partial charge in [0.15, 0.2) is 15.7 Å². The van der Waals surface area contributed by atoms with E-state index in [4.69, 9.17) is 0 Å². The molecule has 0 atom stereocenters. The number of hydrogen-bond acceptors (Lipinski definition) is 9. The Bertz CT molecular complexity index is 2120. The Morgan fingerprint density at radius 3 is 2.40 bits per heavy atom. The van der Waals surface area contributed by atoms with Gasteiger partial charge < -0.3 is 15.0 Å². The van der Waals surface area contributed by atoms with E-state index in [1.54, 1.807) is 25.4 Å². The van der Waals surface area contributed by atoms with Crippen molar-refractivity contribution in [2.45, 2.75) is 37.7 Å². The minimum absolute atomic E-state index is 0.00703. The van der Waals surface area contributed by atoms with Crippen LogP contribution in [-0.2, 0) is 28.9 Å². The molecule has 0 aliphatic heterocycles. The van der Waals surface area contributed by atoms with Crippen molar-refractivity contribution in [3.05, 3.63) is 98.8 Å². The molecule has 0 fully saturated rings. The lowest BCUT2D eigenvalue weighted by atomic mass is 9.86. The van der Waals surface area contributed by atoms with Gasteiger partial charge in [0.25, 0.3) is 11.1 Å². The van der Waals surface area contributed by atoms with Crippen LogP contribution in [0.25, 0.3) is 27.7 Å². The molecular weight excluding hydrogens is 575 g/mol. The van der Waals surface area contributed by atoms with Gasteiger partial charge in [-0.05, 0) is 52.9 Å². The second-order valence-corrected chi connectivity index (χ2v) is 13.2. The highest BCUT2D eigenvalue weighted by Crippen LogP contribution is 2.30. The van der Waals surface area contributed by atoms with Crippen LogP contribution in [0.3, 0.4) is 0 Å². The zero-order valence-corrected chi connectivity index (χ0v) is 24.9. The molecular formula is C30H29FN6O5S.